The van der Waals surface area contributed by atoms with E-state index < -0.39 is 0 Å². The molecule has 0 bridgehead atoms. The summed E-state index contributed by atoms with van der Waals surface area (Å²) in [5.41, 5.74) is 3.87. The van der Waals surface area contributed by atoms with Gasteiger partial charge in [-0.3, -0.25) is 9.69 Å². The SMILES string of the molecule is Cc1ccccc1C(=O)N(CCCN(C)C)c1nc2c(C)cccc2s1.Cl. The molecule has 1 heterocycles. The van der Waals surface area contributed by atoms with Crippen LogP contribution in [0.3, 0.4) is 0 Å². The van der Waals surface area contributed by atoms with Crippen LogP contribution in [0.25, 0.3) is 10.2 Å². The third-order valence-electron chi connectivity index (χ3n) is 4.45. The van der Waals surface area contributed by atoms with Gasteiger partial charge in [0.1, 0.15) is 0 Å². The first-order valence-electron chi connectivity index (χ1n) is 8.86. The van der Waals surface area contributed by atoms with Gasteiger partial charge in [-0.15, -0.1) is 12.4 Å². The maximum atomic E-state index is 13.3. The van der Waals surface area contributed by atoms with Crippen LogP contribution in [-0.4, -0.2) is 43.0 Å². The van der Waals surface area contributed by atoms with Crippen molar-refractivity contribution in [1.29, 1.82) is 0 Å². The zero-order valence-corrected chi connectivity index (χ0v) is 17.9. The van der Waals surface area contributed by atoms with Gasteiger partial charge in [0, 0.05) is 12.1 Å². The van der Waals surface area contributed by atoms with Crippen molar-refractivity contribution in [3.05, 3.63) is 59.2 Å². The largest absolute Gasteiger partial charge is 0.309 e. The number of anilines is 1. The molecule has 0 unspecified atom stereocenters. The highest BCUT2D eigenvalue weighted by Crippen LogP contribution is 2.31. The molecule has 0 radical (unpaired) electrons. The summed E-state index contributed by atoms with van der Waals surface area (Å²) >= 11 is 1.59. The third kappa shape index (κ3) is 4.86. The molecule has 0 atom stereocenters. The zero-order valence-electron chi connectivity index (χ0n) is 16.2. The van der Waals surface area contributed by atoms with Crippen molar-refractivity contribution in [2.75, 3.05) is 32.1 Å². The number of halogens is 1. The van der Waals surface area contributed by atoms with Gasteiger partial charge >= 0.3 is 0 Å². The summed E-state index contributed by atoms with van der Waals surface area (Å²) < 4.78 is 1.12. The number of aromatic nitrogens is 1. The summed E-state index contributed by atoms with van der Waals surface area (Å²) in [6, 6.07) is 13.9. The number of amides is 1. The van der Waals surface area contributed by atoms with Gasteiger partial charge in [0.05, 0.1) is 10.2 Å². The van der Waals surface area contributed by atoms with E-state index in [1.807, 2.05) is 42.2 Å². The molecule has 0 saturated heterocycles. The number of thiazole rings is 1. The van der Waals surface area contributed by atoms with E-state index in [4.69, 9.17) is 4.98 Å². The van der Waals surface area contributed by atoms with Gasteiger partial charge in [-0.05, 0) is 64.2 Å². The second kappa shape index (κ2) is 9.31. The smallest absolute Gasteiger partial charge is 0.260 e. The molecule has 27 heavy (non-hydrogen) atoms. The maximum Gasteiger partial charge on any atom is 0.260 e. The summed E-state index contributed by atoms with van der Waals surface area (Å²) in [6.45, 7) is 5.63. The van der Waals surface area contributed by atoms with E-state index in [9.17, 15) is 4.79 Å². The Labute approximate surface area is 171 Å². The van der Waals surface area contributed by atoms with Crippen molar-refractivity contribution in [3.8, 4) is 0 Å². The van der Waals surface area contributed by atoms with Crippen LogP contribution in [0.5, 0.6) is 0 Å². The predicted octanol–water partition coefficient (Wildman–Crippen LogP) is 4.93. The van der Waals surface area contributed by atoms with Gasteiger partial charge in [0.2, 0.25) is 0 Å². The molecule has 6 heteroatoms. The third-order valence-corrected chi connectivity index (χ3v) is 5.49. The van der Waals surface area contributed by atoms with Gasteiger partial charge in [-0.25, -0.2) is 4.98 Å². The van der Waals surface area contributed by atoms with E-state index in [1.54, 1.807) is 11.3 Å². The number of fused-ring (bicyclic) bond motifs is 1. The van der Waals surface area contributed by atoms with E-state index in [0.717, 1.165) is 45.0 Å². The fourth-order valence-corrected chi connectivity index (χ4v) is 4.05. The number of hydrogen-bond donors (Lipinski definition) is 0. The predicted molar refractivity (Wildman–Crippen MR) is 118 cm³/mol. The molecule has 0 aliphatic rings. The van der Waals surface area contributed by atoms with Crippen molar-refractivity contribution in [1.82, 2.24) is 9.88 Å². The number of rotatable bonds is 6. The van der Waals surface area contributed by atoms with Crippen LogP contribution in [0.2, 0.25) is 0 Å². The van der Waals surface area contributed by atoms with Gasteiger partial charge in [-0.1, -0.05) is 41.7 Å². The molecule has 4 nitrogen and oxygen atoms in total. The number of aryl methyl sites for hydroxylation is 2. The second-order valence-electron chi connectivity index (χ2n) is 6.85. The quantitative estimate of drug-likeness (QED) is 0.585. The average molecular weight is 404 g/mol. The van der Waals surface area contributed by atoms with Crippen LogP contribution < -0.4 is 4.90 Å². The zero-order chi connectivity index (χ0) is 18.7. The summed E-state index contributed by atoms with van der Waals surface area (Å²) in [6.07, 6.45) is 0.902. The van der Waals surface area contributed by atoms with Crippen LogP contribution in [0.4, 0.5) is 5.13 Å². The molecule has 0 spiro atoms. The topological polar surface area (TPSA) is 36.4 Å². The van der Waals surface area contributed by atoms with E-state index in [2.05, 4.69) is 38.1 Å². The Morgan fingerprint density at radius 3 is 2.37 bits per heavy atom. The molecule has 0 N–H and O–H groups in total. The Bertz CT molecular complexity index is 923. The van der Waals surface area contributed by atoms with E-state index in [-0.39, 0.29) is 18.3 Å². The van der Waals surface area contributed by atoms with Crippen LogP contribution >= 0.6 is 23.7 Å². The Balaban J connectivity index is 0.00000261. The molecule has 2 aromatic carbocycles. The van der Waals surface area contributed by atoms with Gasteiger partial charge in [0.15, 0.2) is 5.13 Å². The van der Waals surface area contributed by atoms with Crippen LogP contribution in [0.15, 0.2) is 42.5 Å². The molecule has 1 aromatic heterocycles. The second-order valence-corrected chi connectivity index (χ2v) is 7.86. The minimum atomic E-state index is 0. The lowest BCUT2D eigenvalue weighted by molar-refractivity contribution is 0.0985. The van der Waals surface area contributed by atoms with Crippen molar-refractivity contribution >= 4 is 45.0 Å². The lowest BCUT2D eigenvalue weighted by Crippen LogP contribution is -2.33. The van der Waals surface area contributed by atoms with Crippen molar-refractivity contribution in [2.45, 2.75) is 20.3 Å². The Kier molecular flexibility index (Phi) is 7.36. The Hall–Kier alpha value is -1.95. The molecule has 1 amide bonds. The molecule has 0 aliphatic heterocycles. The Morgan fingerprint density at radius 1 is 1.00 bits per heavy atom. The first-order chi connectivity index (χ1) is 12.5. The van der Waals surface area contributed by atoms with E-state index >= 15 is 0 Å². The minimum Gasteiger partial charge on any atom is -0.309 e. The summed E-state index contributed by atoms with van der Waals surface area (Å²) in [5, 5.41) is 0.779. The van der Waals surface area contributed by atoms with E-state index in [1.165, 1.54) is 0 Å². The van der Waals surface area contributed by atoms with Crippen molar-refractivity contribution in [2.24, 2.45) is 0 Å². The summed E-state index contributed by atoms with van der Waals surface area (Å²) in [4.78, 5) is 22.1. The molecule has 3 aromatic rings. The van der Waals surface area contributed by atoms with Gasteiger partial charge in [0.25, 0.3) is 5.91 Å². The fourth-order valence-electron chi connectivity index (χ4n) is 2.98. The normalized spacial score (nSPS) is 10.9. The maximum absolute atomic E-state index is 13.3. The summed E-state index contributed by atoms with van der Waals surface area (Å²) in [5.74, 6) is 0.0264. The minimum absolute atomic E-state index is 0. The fraction of sp³-hybridized carbons (Fsp3) is 0.333. The summed E-state index contributed by atoms with van der Waals surface area (Å²) in [7, 11) is 4.10. The molecule has 144 valence electrons. The highest BCUT2D eigenvalue weighted by Gasteiger charge is 2.22. The highest BCUT2D eigenvalue weighted by atomic mass is 35.5. The lowest BCUT2D eigenvalue weighted by Gasteiger charge is -2.21. The molecular weight excluding hydrogens is 378 g/mol. The monoisotopic (exact) mass is 403 g/mol. The number of benzene rings is 2. The van der Waals surface area contributed by atoms with Gasteiger partial charge < -0.3 is 4.90 Å². The molecule has 0 aliphatic carbocycles. The van der Waals surface area contributed by atoms with Crippen LogP contribution in [0, 0.1) is 13.8 Å². The van der Waals surface area contributed by atoms with E-state index in [0.29, 0.717) is 6.54 Å². The first-order valence-corrected chi connectivity index (χ1v) is 9.67. The molecule has 0 fully saturated rings. The van der Waals surface area contributed by atoms with Crippen molar-refractivity contribution in [3.63, 3.8) is 0 Å². The number of carbonyl (C=O) groups excluding carboxylic acids is 1. The standard InChI is InChI=1S/C21H25N3OS.ClH/c1-15-9-5-6-11-17(15)20(25)24(14-8-13-23(3)4)21-22-19-16(2)10-7-12-18(19)26-21;/h5-7,9-12H,8,13-14H2,1-4H3;1H. The van der Waals surface area contributed by atoms with Gasteiger partial charge in [-0.2, -0.15) is 0 Å². The molecular formula is C21H26ClN3OS. The number of nitrogens with zero attached hydrogens (tertiary/aromatic N) is 3. The molecule has 0 saturated carbocycles. The van der Waals surface area contributed by atoms with Crippen molar-refractivity contribution < 1.29 is 4.79 Å². The highest BCUT2D eigenvalue weighted by molar-refractivity contribution is 7.22. The lowest BCUT2D eigenvalue weighted by atomic mass is 10.1. The Morgan fingerprint density at radius 2 is 1.70 bits per heavy atom. The average Bonchev–Trinajstić information content (AvgIpc) is 3.03. The number of carbonyl (C=O) groups is 1. The number of para-hydroxylation sites is 1. The number of hydrogen-bond acceptors (Lipinski definition) is 4. The molecule has 3 rings (SSSR count). The van der Waals surface area contributed by atoms with Crippen LogP contribution in [-0.2, 0) is 0 Å². The van der Waals surface area contributed by atoms with Crippen LogP contribution in [0.1, 0.15) is 27.9 Å². The first kappa shape index (κ1) is 21.4.